The summed E-state index contributed by atoms with van der Waals surface area (Å²) in [6.45, 7) is 3.21. The molecule has 5 rings (SSSR count). The first kappa shape index (κ1) is 22.3. The maximum absolute atomic E-state index is 13.2. The number of rotatable bonds is 5. The van der Waals surface area contributed by atoms with E-state index in [4.69, 9.17) is 31.2 Å². The lowest BCUT2D eigenvalue weighted by atomic mass is 9.87. The summed E-state index contributed by atoms with van der Waals surface area (Å²) in [6, 6.07) is 8.46. The Bertz CT molecular complexity index is 1370. The standard InChI is InChI=1S/C24H25N3O6S/c1-4-31-15-7-5-14(6-8-15)27-23(29)18(22(28)25-24(27)34)19-17-13(9-10-26(19)2)11-16-20(21(17)30-3)33-12-32-16/h5-8,11,19,29H,4,9-10,12H2,1-3H3,(H,25,28,34)/t19-/m1/s1. The van der Waals surface area contributed by atoms with Gasteiger partial charge in [0.05, 0.1) is 31.0 Å². The third-order valence-corrected chi connectivity index (χ3v) is 6.48. The molecule has 0 bridgehead atoms. The SMILES string of the molecule is CCOc1ccc(-n2c(O)c([C@H]3c4c(cc5c(c4OC)OCO5)CCN3C)c(=O)[nH]c2=S)cc1. The zero-order valence-electron chi connectivity index (χ0n) is 19.1. The lowest BCUT2D eigenvalue weighted by Crippen LogP contribution is -2.37. The summed E-state index contributed by atoms with van der Waals surface area (Å²) in [7, 11) is 3.46. The quantitative estimate of drug-likeness (QED) is 0.534. The van der Waals surface area contributed by atoms with Crippen molar-refractivity contribution in [2.75, 3.05) is 34.1 Å². The third kappa shape index (κ3) is 3.50. The third-order valence-electron chi connectivity index (χ3n) is 6.20. The summed E-state index contributed by atoms with van der Waals surface area (Å²) in [5, 5.41) is 11.5. The number of H-pyrrole nitrogens is 1. The van der Waals surface area contributed by atoms with E-state index in [-0.39, 0.29) is 23.0 Å². The first-order chi connectivity index (χ1) is 16.4. The molecule has 1 atom stereocenters. The summed E-state index contributed by atoms with van der Waals surface area (Å²) in [4.78, 5) is 18.0. The molecule has 3 heterocycles. The van der Waals surface area contributed by atoms with Gasteiger partial charge in [-0.15, -0.1) is 0 Å². The molecule has 0 amide bonds. The van der Waals surface area contributed by atoms with Crippen molar-refractivity contribution in [3.8, 4) is 34.6 Å². The predicted octanol–water partition coefficient (Wildman–Crippen LogP) is 3.31. The minimum Gasteiger partial charge on any atom is -0.494 e. The van der Waals surface area contributed by atoms with Crippen LogP contribution in [0.5, 0.6) is 28.9 Å². The molecule has 0 spiro atoms. The number of nitrogens with zero attached hydrogens (tertiary/aromatic N) is 2. The molecule has 3 aromatic rings. The maximum atomic E-state index is 13.2. The summed E-state index contributed by atoms with van der Waals surface area (Å²) in [5.41, 5.74) is 2.03. The van der Waals surface area contributed by atoms with E-state index in [0.717, 1.165) is 17.5 Å². The van der Waals surface area contributed by atoms with Crippen LogP contribution in [0, 0.1) is 4.77 Å². The Kier molecular flexibility index (Phi) is 5.70. The number of methoxy groups -OCH3 is 1. The first-order valence-electron chi connectivity index (χ1n) is 11.0. The minimum absolute atomic E-state index is 0.0896. The number of hydrogen-bond donors (Lipinski definition) is 2. The average molecular weight is 484 g/mol. The Labute approximate surface area is 201 Å². The molecule has 2 aromatic carbocycles. The fourth-order valence-electron chi connectivity index (χ4n) is 4.68. The number of aromatic nitrogens is 2. The highest BCUT2D eigenvalue weighted by Gasteiger charge is 2.38. The smallest absolute Gasteiger partial charge is 0.260 e. The Morgan fingerprint density at radius 3 is 2.71 bits per heavy atom. The molecule has 0 radical (unpaired) electrons. The van der Waals surface area contributed by atoms with E-state index in [9.17, 15) is 9.90 Å². The molecule has 178 valence electrons. The number of hydrogen-bond acceptors (Lipinski definition) is 8. The van der Waals surface area contributed by atoms with Gasteiger partial charge in [-0.2, -0.15) is 0 Å². The first-order valence-corrected chi connectivity index (χ1v) is 11.4. The van der Waals surface area contributed by atoms with Crippen LogP contribution in [0.25, 0.3) is 5.69 Å². The van der Waals surface area contributed by atoms with Crippen LogP contribution in [0.15, 0.2) is 35.1 Å². The summed E-state index contributed by atoms with van der Waals surface area (Å²) >= 11 is 5.42. The van der Waals surface area contributed by atoms with Gasteiger partial charge in [-0.25, -0.2) is 0 Å². The molecule has 0 unspecified atom stereocenters. The molecular formula is C24H25N3O6S. The molecule has 2 aliphatic rings. The van der Waals surface area contributed by atoms with Gasteiger partial charge < -0.3 is 24.1 Å². The predicted molar refractivity (Wildman–Crippen MR) is 127 cm³/mol. The van der Waals surface area contributed by atoms with Crippen molar-refractivity contribution in [2.24, 2.45) is 0 Å². The number of likely N-dealkylation sites (N-methyl/N-ethyl adjacent to an activating group) is 1. The van der Waals surface area contributed by atoms with Gasteiger partial charge in [0.2, 0.25) is 18.4 Å². The highest BCUT2D eigenvalue weighted by molar-refractivity contribution is 7.71. The Balaban J connectivity index is 1.72. The van der Waals surface area contributed by atoms with Crippen molar-refractivity contribution in [1.29, 1.82) is 0 Å². The maximum Gasteiger partial charge on any atom is 0.260 e. The monoisotopic (exact) mass is 483 g/mol. The number of aromatic amines is 1. The van der Waals surface area contributed by atoms with Crippen molar-refractivity contribution in [1.82, 2.24) is 14.5 Å². The highest BCUT2D eigenvalue weighted by atomic mass is 32.1. The number of nitrogens with one attached hydrogen (secondary N) is 1. The van der Waals surface area contributed by atoms with E-state index in [1.165, 1.54) is 4.57 Å². The fourth-order valence-corrected chi connectivity index (χ4v) is 4.96. The molecule has 0 saturated carbocycles. The van der Waals surface area contributed by atoms with E-state index in [0.29, 0.717) is 41.8 Å². The zero-order chi connectivity index (χ0) is 24.0. The molecule has 10 heteroatoms. The van der Waals surface area contributed by atoms with Crippen molar-refractivity contribution in [2.45, 2.75) is 19.4 Å². The average Bonchev–Trinajstić information content (AvgIpc) is 3.28. The number of benzene rings is 2. The van der Waals surface area contributed by atoms with Crippen LogP contribution in [0.3, 0.4) is 0 Å². The van der Waals surface area contributed by atoms with Crippen molar-refractivity contribution in [3.05, 3.63) is 62.1 Å². The molecule has 34 heavy (non-hydrogen) atoms. The molecule has 2 N–H and O–H groups in total. The highest BCUT2D eigenvalue weighted by Crippen LogP contribution is 2.51. The Morgan fingerprint density at radius 1 is 1.24 bits per heavy atom. The van der Waals surface area contributed by atoms with Crippen LogP contribution in [0.4, 0.5) is 0 Å². The molecule has 0 fully saturated rings. The molecule has 0 saturated heterocycles. The van der Waals surface area contributed by atoms with E-state index in [1.807, 2.05) is 24.9 Å². The fraction of sp³-hybridized carbons (Fsp3) is 0.333. The van der Waals surface area contributed by atoms with Crippen molar-refractivity contribution in [3.63, 3.8) is 0 Å². The van der Waals surface area contributed by atoms with Crippen LogP contribution >= 0.6 is 12.2 Å². The summed E-state index contributed by atoms with van der Waals surface area (Å²) in [5.74, 6) is 2.07. The topological polar surface area (TPSA) is 98.2 Å². The lowest BCUT2D eigenvalue weighted by molar-refractivity contribution is 0.170. The number of fused-ring (bicyclic) bond motifs is 2. The molecule has 2 aliphatic heterocycles. The van der Waals surface area contributed by atoms with Gasteiger partial charge in [-0.1, -0.05) is 0 Å². The van der Waals surface area contributed by atoms with Crippen LogP contribution < -0.4 is 24.5 Å². The summed E-state index contributed by atoms with van der Waals surface area (Å²) in [6.07, 6.45) is 0.728. The second-order valence-electron chi connectivity index (χ2n) is 8.11. The Hall–Kier alpha value is -3.50. The van der Waals surface area contributed by atoms with Crippen LogP contribution in [0.1, 0.15) is 29.7 Å². The van der Waals surface area contributed by atoms with Gasteiger partial charge in [0.15, 0.2) is 16.3 Å². The number of aromatic hydroxyl groups is 1. The molecule has 9 nitrogen and oxygen atoms in total. The zero-order valence-corrected chi connectivity index (χ0v) is 19.9. The van der Waals surface area contributed by atoms with Gasteiger partial charge in [0.25, 0.3) is 5.56 Å². The molecule has 0 aliphatic carbocycles. The van der Waals surface area contributed by atoms with Gasteiger partial charge in [0, 0.05) is 12.1 Å². The molecular weight excluding hydrogens is 458 g/mol. The van der Waals surface area contributed by atoms with Gasteiger partial charge in [-0.3, -0.25) is 19.2 Å². The lowest BCUT2D eigenvalue weighted by Gasteiger charge is -2.36. The van der Waals surface area contributed by atoms with Crippen LogP contribution in [-0.4, -0.2) is 53.7 Å². The van der Waals surface area contributed by atoms with Gasteiger partial charge in [0.1, 0.15) is 5.75 Å². The largest absolute Gasteiger partial charge is 0.494 e. The van der Waals surface area contributed by atoms with Crippen LogP contribution in [-0.2, 0) is 6.42 Å². The van der Waals surface area contributed by atoms with E-state index in [2.05, 4.69) is 4.98 Å². The normalized spacial score (nSPS) is 16.9. The summed E-state index contributed by atoms with van der Waals surface area (Å²) < 4.78 is 24.0. The minimum atomic E-state index is -0.596. The Morgan fingerprint density at radius 2 is 2.00 bits per heavy atom. The number of ether oxygens (including phenoxy) is 4. The molecule has 1 aromatic heterocycles. The van der Waals surface area contributed by atoms with E-state index in [1.54, 1.807) is 31.4 Å². The van der Waals surface area contributed by atoms with Crippen LogP contribution in [0.2, 0.25) is 0 Å². The second-order valence-corrected chi connectivity index (χ2v) is 8.50. The van der Waals surface area contributed by atoms with E-state index < -0.39 is 11.6 Å². The van der Waals surface area contributed by atoms with Gasteiger partial charge in [-0.05, 0) is 68.5 Å². The van der Waals surface area contributed by atoms with E-state index >= 15 is 0 Å². The van der Waals surface area contributed by atoms with Gasteiger partial charge >= 0.3 is 0 Å². The van der Waals surface area contributed by atoms with Crippen molar-refractivity contribution < 1.29 is 24.1 Å². The van der Waals surface area contributed by atoms with Crippen molar-refractivity contribution >= 4 is 12.2 Å². The second kappa shape index (κ2) is 8.69.